The Morgan fingerprint density at radius 2 is 2.22 bits per heavy atom. The maximum atomic E-state index is 11.2. The Bertz CT molecular complexity index is 594. The highest BCUT2D eigenvalue weighted by Crippen LogP contribution is 2.67. The molecule has 0 aromatic heterocycles. The van der Waals surface area contributed by atoms with Crippen molar-refractivity contribution in [2.45, 2.75) is 70.3 Å². The molecule has 3 saturated carbocycles. The first-order valence-electron chi connectivity index (χ1n) is 9.63. The summed E-state index contributed by atoms with van der Waals surface area (Å²) in [5.41, 5.74) is 2.08. The summed E-state index contributed by atoms with van der Waals surface area (Å²) < 4.78 is 0. The van der Waals surface area contributed by atoms with Crippen molar-refractivity contribution in [1.29, 1.82) is 0 Å². The Morgan fingerprint density at radius 3 is 2.96 bits per heavy atom. The van der Waals surface area contributed by atoms with Crippen molar-refractivity contribution in [3.05, 3.63) is 23.8 Å². The molecule has 0 heterocycles. The quantitative estimate of drug-likeness (QED) is 0.541. The van der Waals surface area contributed by atoms with Crippen LogP contribution in [0, 0.1) is 41.4 Å². The normalized spacial score (nSPS) is 48.7. The first-order chi connectivity index (χ1) is 11.1. The number of hydrogen-bond donors (Lipinski definition) is 1. The van der Waals surface area contributed by atoms with Crippen molar-refractivity contribution in [3.63, 3.8) is 0 Å². The molecule has 4 aliphatic rings. The highest BCUT2D eigenvalue weighted by Gasteiger charge is 2.64. The van der Waals surface area contributed by atoms with E-state index < -0.39 is 5.60 Å². The van der Waals surface area contributed by atoms with E-state index in [-0.39, 0.29) is 5.41 Å². The molecule has 1 nitrogen and oxygen atoms in total. The number of rotatable bonds is 1. The van der Waals surface area contributed by atoms with Gasteiger partial charge in [0.1, 0.15) is 5.60 Å². The number of terminal acetylenes is 1. The second-order valence-corrected chi connectivity index (χ2v) is 8.54. The minimum atomic E-state index is -0.914. The molecule has 0 bridgehead atoms. The van der Waals surface area contributed by atoms with E-state index in [9.17, 15) is 5.11 Å². The van der Waals surface area contributed by atoms with Gasteiger partial charge in [0.15, 0.2) is 0 Å². The summed E-state index contributed by atoms with van der Waals surface area (Å²) in [4.78, 5) is 0. The van der Waals surface area contributed by atoms with Crippen LogP contribution in [0.5, 0.6) is 0 Å². The van der Waals surface area contributed by atoms with Gasteiger partial charge >= 0.3 is 0 Å². The average Bonchev–Trinajstić information content (AvgIpc) is 2.88. The minimum absolute atomic E-state index is 0.115. The molecule has 23 heavy (non-hydrogen) atoms. The van der Waals surface area contributed by atoms with Crippen LogP contribution >= 0.6 is 0 Å². The summed E-state index contributed by atoms with van der Waals surface area (Å²) >= 11 is 0. The molecule has 0 saturated heterocycles. The van der Waals surface area contributed by atoms with Crippen LogP contribution in [-0.2, 0) is 0 Å². The Hall–Kier alpha value is -1.00. The third-order valence-electron chi connectivity index (χ3n) is 8.01. The summed E-state index contributed by atoms with van der Waals surface area (Å²) in [5.74, 6) is 5.48. The summed E-state index contributed by atoms with van der Waals surface area (Å²) in [6.45, 7) is 6.76. The molecular weight excluding hydrogens is 280 g/mol. The lowest BCUT2D eigenvalue weighted by atomic mass is 9.48. The van der Waals surface area contributed by atoms with Crippen molar-refractivity contribution in [2.24, 2.45) is 29.1 Å². The Balaban J connectivity index is 1.74. The van der Waals surface area contributed by atoms with Crippen molar-refractivity contribution in [3.8, 4) is 12.3 Å². The molecule has 1 N–H and O–H groups in total. The van der Waals surface area contributed by atoms with Crippen LogP contribution in [0.15, 0.2) is 23.8 Å². The molecule has 4 aliphatic carbocycles. The van der Waals surface area contributed by atoms with Crippen LogP contribution in [0.2, 0.25) is 0 Å². The molecule has 1 unspecified atom stereocenters. The zero-order valence-corrected chi connectivity index (χ0v) is 14.5. The van der Waals surface area contributed by atoms with Gasteiger partial charge in [-0.05, 0) is 81.5 Å². The number of hydrogen-bond acceptors (Lipinski definition) is 1. The van der Waals surface area contributed by atoms with Crippen molar-refractivity contribution >= 4 is 0 Å². The molecule has 0 aromatic carbocycles. The van der Waals surface area contributed by atoms with E-state index in [0.717, 1.165) is 31.6 Å². The maximum absolute atomic E-state index is 11.2. The lowest BCUT2D eigenvalue weighted by Crippen LogP contribution is -2.54. The van der Waals surface area contributed by atoms with Gasteiger partial charge in [-0.1, -0.05) is 36.6 Å². The van der Waals surface area contributed by atoms with Gasteiger partial charge in [-0.25, -0.2) is 0 Å². The molecule has 0 spiro atoms. The Kier molecular flexibility index (Phi) is 3.54. The van der Waals surface area contributed by atoms with E-state index >= 15 is 0 Å². The Morgan fingerprint density at radius 1 is 1.39 bits per heavy atom. The topological polar surface area (TPSA) is 20.2 Å². The third kappa shape index (κ3) is 1.91. The van der Waals surface area contributed by atoms with Gasteiger partial charge in [0.2, 0.25) is 0 Å². The smallest absolute Gasteiger partial charge is 0.131 e. The summed E-state index contributed by atoms with van der Waals surface area (Å²) in [6.07, 6.45) is 18.6. The number of fused-ring (bicyclic) bond motifs is 5. The fourth-order valence-corrected chi connectivity index (χ4v) is 7.03. The van der Waals surface area contributed by atoms with Crippen LogP contribution in [0.4, 0.5) is 0 Å². The number of allylic oxidation sites excluding steroid dienone is 3. The van der Waals surface area contributed by atoms with Crippen molar-refractivity contribution in [2.75, 3.05) is 0 Å². The zero-order valence-electron chi connectivity index (χ0n) is 14.5. The van der Waals surface area contributed by atoms with Crippen LogP contribution in [0.25, 0.3) is 0 Å². The molecule has 3 fully saturated rings. The average molecular weight is 310 g/mol. The van der Waals surface area contributed by atoms with E-state index in [2.05, 4.69) is 25.5 Å². The van der Waals surface area contributed by atoms with Crippen LogP contribution in [0.1, 0.15) is 64.7 Å². The molecule has 1 heteroatoms. The maximum Gasteiger partial charge on any atom is 0.131 e. The van der Waals surface area contributed by atoms with Gasteiger partial charge in [-0.15, -0.1) is 6.42 Å². The first kappa shape index (κ1) is 15.5. The largest absolute Gasteiger partial charge is 0.377 e. The first-order valence-corrected chi connectivity index (χ1v) is 9.63. The van der Waals surface area contributed by atoms with Crippen LogP contribution in [0.3, 0.4) is 0 Å². The standard InChI is InChI=1S/C22H30O/c1-4-21-14-15(3)20-17-9-7-6-8-16(17)10-11-18(20)19(21)12-13-22(21,23)5-2/h2,8,17-20,23H,3-4,6-7,9-14H2,1H3/t17-,18-,19?,20+,21-,22-/m0/s1. The third-order valence-corrected chi connectivity index (χ3v) is 8.01. The molecule has 6 atom stereocenters. The van der Waals surface area contributed by atoms with Crippen molar-refractivity contribution in [1.82, 2.24) is 0 Å². The molecular formula is C22H30O. The van der Waals surface area contributed by atoms with Crippen molar-refractivity contribution < 1.29 is 5.11 Å². The predicted octanol–water partition coefficient (Wildman–Crippen LogP) is 4.87. The summed E-state index contributed by atoms with van der Waals surface area (Å²) in [7, 11) is 0. The van der Waals surface area contributed by atoms with E-state index in [1.165, 1.54) is 37.7 Å². The van der Waals surface area contributed by atoms with E-state index in [1.807, 2.05) is 0 Å². The SMILES string of the molecule is C#C[C@]1(O)CCC2[C@@H]3CCC4=CCCC[C@@H]4[C@H]3C(=C)C[C@@]21CC. The second-order valence-electron chi connectivity index (χ2n) is 8.54. The molecule has 0 aliphatic heterocycles. The lowest BCUT2D eigenvalue weighted by Gasteiger charge is -2.56. The minimum Gasteiger partial charge on any atom is -0.377 e. The fraction of sp³-hybridized carbons (Fsp3) is 0.727. The predicted molar refractivity (Wildman–Crippen MR) is 94.6 cm³/mol. The van der Waals surface area contributed by atoms with Gasteiger partial charge in [0, 0.05) is 5.41 Å². The molecule has 4 rings (SSSR count). The highest BCUT2D eigenvalue weighted by molar-refractivity contribution is 5.32. The van der Waals surface area contributed by atoms with E-state index in [1.54, 1.807) is 5.57 Å². The molecule has 0 amide bonds. The molecule has 124 valence electrons. The van der Waals surface area contributed by atoms with Crippen LogP contribution < -0.4 is 0 Å². The van der Waals surface area contributed by atoms with Gasteiger partial charge in [-0.3, -0.25) is 0 Å². The molecule has 0 radical (unpaired) electrons. The van der Waals surface area contributed by atoms with Gasteiger partial charge in [0.05, 0.1) is 0 Å². The van der Waals surface area contributed by atoms with Crippen LogP contribution in [-0.4, -0.2) is 10.7 Å². The van der Waals surface area contributed by atoms with Gasteiger partial charge < -0.3 is 5.11 Å². The van der Waals surface area contributed by atoms with Gasteiger partial charge in [0.25, 0.3) is 0 Å². The summed E-state index contributed by atoms with van der Waals surface area (Å²) in [5, 5.41) is 11.2. The highest BCUT2D eigenvalue weighted by atomic mass is 16.3. The zero-order chi connectivity index (χ0) is 16.2. The molecule has 0 aromatic rings. The second kappa shape index (κ2) is 5.25. The fourth-order valence-electron chi connectivity index (χ4n) is 7.03. The Labute approximate surface area is 141 Å². The number of aliphatic hydroxyl groups is 1. The van der Waals surface area contributed by atoms with E-state index in [0.29, 0.717) is 17.8 Å². The van der Waals surface area contributed by atoms with E-state index in [4.69, 9.17) is 6.42 Å². The lowest BCUT2D eigenvalue weighted by molar-refractivity contribution is -0.0788. The summed E-state index contributed by atoms with van der Waals surface area (Å²) in [6, 6.07) is 0. The van der Waals surface area contributed by atoms with Gasteiger partial charge in [-0.2, -0.15) is 0 Å². The monoisotopic (exact) mass is 310 g/mol.